The molecule has 0 amide bonds. The van der Waals surface area contributed by atoms with E-state index in [4.69, 9.17) is 0 Å². The minimum atomic E-state index is -0.326. The zero-order valence-electron chi connectivity index (χ0n) is 9.51. The van der Waals surface area contributed by atoms with E-state index in [0.717, 1.165) is 19.5 Å². The third-order valence-electron chi connectivity index (χ3n) is 2.52. The van der Waals surface area contributed by atoms with Crippen LogP contribution >= 0.6 is 0 Å². The fourth-order valence-electron chi connectivity index (χ4n) is 1.65. The van der Waals surface area contributed by atoms with Gasteiger partial charge in [-0.1, -0.05) is 0 Å². The predicted molar refractivity (Wildman–Crippen MR) is 53.2 cm³/mol. The Labute approximate surface area is 130 Å². The van der Waals surface area contributed by atoms with Crippen LogP contribution in [0, 0.1) is 6.42 Å². The van der Waals surface area contributed by atoms with Crippen LogP contribution in [0.4, 0.5) is 4.39 Å². The standard InChI is InChI=1S/C10H20FN2.K/c1-12(10-11)6-5-9-13-7-3-2-4-8-13;/h2H,3-10H2,1H3;/q-1;+1. The molecule has 1 heterocycles. The number of halogens is 1. The molecule has 0 aliphatic carbocycles. The molecule has 78 valence electrons. The Morgan fingerprint density at radius 3 is 2.57 bits per heavy atom. The zero-order chi connectivity index (χ0) is 9.52. The third-order valence-corrected chi connectivity index (χ3v) is 2.52. The molecule has 1 aliphatic rings. The van der Waals surface area contributed by atoms with E-state index in [1.807, 2.05) is 7.05 Å². The van der Waals surface area contributed by atoms with Gasteiger partial charge >= 0.3 is 51.4 Å². The molecule has 0 radical (unpaired) electrons. The Bertz CT molecular complexity index is 129. The summed E-state index contributed by atoms with van der Waals surface area (Å²) < 4.78 is 12.1. The molecule has 1 fully saturated rings. The SMILES string of the molecule is CN(CF)CCCN1CC[CH-]CC1.[K+]. The van der Waals surface area contributed by atoms with Gasteiger partial charge < -0.3 is 11.3 Å². The Balaban J connectivity index is 0.00000169. The van der Waals surface area contributed by atoms with Crippen LogP contribution in [0.25, 0.3) is 0 Å². The van der Waals surface area contributed by atoms with Crippen molar-refractivity contribution in [2.75, 3.05) is 40.0 Å². The summed E-state index contributed by atoms with van der Waals surface area (Å²) in [4.78, 5) is 4.18. The average Bonchev–Trinajstić information content (AvgIpc) is 2.19. The number of rotatable bonds is 5. The molecule has 0 aromatic carbocycles. The first kappa shape index (κ1) is 15.5. The molecule has 1 saturated heterocycles. The fourth-order valence-corrected chi connectivity index (χ4v) is 1.65. The Kier molecular flexibility index (Phi) is 10.7. The summed E-state index contributed by atoms with van der Waals surface area (Å²) in [6.45, 7) is 4.06. The second kappa shape index (κ2) is 9.69. The van der Waals surface area contributed by atoms with E-state index in [1.165, 1.54) is 25.9 Å². The second-order valence-electron chi connectivity index (χ2n) is 3.76. The van der Waals surface area contributed by atoms with Gasteiger partial charge in [0, 0.05) is 6.54 Å². The number of alkyl halides is 1. The molecule has 0 aromatic rings. The van der Waals surface area contributed by atoms with Crippen LogP contribution < -0.4 is 51.4 Å². The largest absolute Gasteiger partial charge is 1.00 e. The van der Waals surface area contributed by atoms with Crippen LogP contribution in [-0.2, 0) is 0 Å². The van der Waals surface area contributed by atoms with E-state index in [2.05, 4.69) is 11.3 Å². The number of piperidine rings is 1. The van der Waals surface area contributed by atoms with Crippen LogP contribution in [0.1, 0.15) is 19.3 Å². The molecule has 1 rings (SSSR count). The molecule has 0 unspecified atom stereocenters. The van der Waals surface area contributed by atoms with Crippen molar-refractivity contribution in [2.45, 2.75) is 19.3 Å². The minimum absolute atomic E-state index is 0. The number of nitrogens with zero attached hydrogens (tertiary/aromatic N) is 2. The monoisotopic (exact) mass is 226 g/mol. The van der Waals surface area contributed by atoms with Gasteiger partial charge in [-0.15, -0.1) is 0 Å². The van der Waals surface area contributed by atoms with E-state index in [0.29, 0.717) is 0 Å². The quantitative estimate of drug-likeness (QED) is 0.321. The Hall–Kier alpha value is 1.49. The van der Waals surface area contributed by atoms with E-state index >= 15 is 0 Å². The first-order chi connectivity index (χ1) is 6.33. The molecule has 4 heteroatoms. The van der Waals surface area contributed by atoms with Gasteiger partial charge in [0.15, 0.2) is 0 Å². The maximum Gasteiger partial charge on any atom is 1.00 e. The summed E-state index contributed by atoms with van der Waals surface area (Å²) in [7, 11) is 1.82. The van der Waals surface area contributed by atoms with Crippen molar-refractivity contribution in [1.82, 2.24) is 9.80 Å². The van der Waals surface area contributed by atoms with Crippen LogP contribution in [0.3, 0.4) is 0 Å². The normalized spacial score (nSPS) is 18.2. The van der Waals surface area contributed by atoms with Crippen molar-refractivity contribution >= 4 is 0 Å². The van der Waals surface area contributed by atoms with Crippen molar-refractivity contribution in [1.29, 1.82) is 0 Å². The molecule has 2 nitrogen and oxygen atoms in total. The predicted octanol–water partition coefficient (Wildman–Crippen LogP) is -1.46. The molecular weight excluding hydrogens is 206 g/mol. The molecule has 14 heavy (non-hydrogen) atoms. The van der Waals surface area contributed by atoms with Gasteiger partial charge in [0.25, 0.3) is 0 Å². The summed E-state index contributed by atoms with van der Waals surface area (Å²) in [5.41, 5.74) is 0. The molecule has 0 aromatic heterocycles. The molecule has 0 N–H and O–H groups in total. The van der Waals surface area contributed by atoms with Gasteiger partial charge in [0.2, 0.25) is 0 Å². The second-order valence-corrected chi connectivity index (χ2v) is 3.76. The molecule has 0 atom stereocenters. The van der Waals surface area contributed by atoms with E-state index in [9.17, 15) is 4.39 Å². The topological polar surface area (TPSA) is 6.48 Å². The summed E-state index contributed by atoms with van der Waals surface area (Å²) >= 11 is 0. The van der Waals surface area contributed by atoms with Gasteiger partial charge in [-0.25, -0.2) is 4.39 Å². The van der Waals surface area contributed by atoms with Crippen LogP contribution in [-0.4, -0.2) is 49.8 Å². The van der Waals surface area contributed by atoms with Crippen molar-refractivity contribution in [2.24, 2.45) is 0 Å². The van der Waals surface area contributed by atoms with Crippen molar-refractivity contribution < 1.29 is 55.8 Å². The van der Waals surface area contributed by atoms with E-state index in [-0.39, 0.29) is 58.2 Å². The first-order valence-corrected chi connectivity index (χ1v) is 5.11. The van der Waals surface area contributed by atoms with E-state index < -0.39 is 0 Å². The minimum Gasteiger partial charge on any atom is -0.326 e. The molecule has 1 aliphatic heterocycles. The summed E-state index contributed by atoms with van der Waals surface area (Å²) in [6, 6.07) is 0. The number of hydrogen-bond acceptors (Lipinski definition) is 2. The van der Waals surface area contributed by atoms with Crippen molar-refractivity contribution in [3.8, 4) is 0 Å². The van der Waals surface area contributed by atoms with Gasteiger partial charge in [-0.05, 0) is 33.1 Å². The third kappa shape index (κ3) is 6.88. The molecule has 0 saturated carbocycles. The van der Waals surface area contributed by atoms with Crippen molar-refractivity contribution in [3.63, 3.8) is 0 Å². The zero-order valence-corrected chi connectivity index (χ0v) is 12.6. The fraction of sp³-hybridized carbons (Fsp3) is 0.900. The number of likely N-dealkylation sites (tertiary alicyclic amines) is 1. The molecule has 0 spiro atoms. The maximum atomic E-state index is 12.1. The van der Waals surface area contributed by atoms with Crippen LogP contribution in [0.2, 0.25) is 0 Å². The average molecular weight is 226 g/mol. The summed E-state index contributed by atoms with van der Waals surface area (Å²) in [6.07, 6.45) is 5.88. The van der Waals surface area contributed by atoms with Gasteiger partial charge in [0.05, 0.1) is 0 Å². The van der Waals surface area contributed by atoms with Gasteiger partial charge in [-0.2, -0.15) is 12.8 Å². The molecule has 0 bridgehead atoms. The van der Waals surface area contributed by atoms with E-state index in [1.54, 1.807) is 4.90 Å². The maximum absolute atomic E-state index is 12.1. The smallest absolute Gasteiger partial charge is 0.326 e. The summed E-state index contributed by atoms with van der Waals surface area (Å²) in [5.74, 6) is 0. The Morgan fingerprint density at radius 1 is 1.36 bits per heavy atom. The Morgan fingerprint density at radius 2 is 2.00 bits per heavy atom. The van der Waals surface area contributed by atoms with Crippen LogP contribution in [0.5, 0.6) is 0 Å². The van der Waals surface area contributed by atoms with Crippen molar-refractivity contribution in [3.05, 3.63) is 6.42 Å². The number of hydrogen-bond donors (Lipinski definition) is 0. The summed E-state index contributed by atoms with van der Waals surface area (Å²) in [5, 5.41) is 0. The first-order valence-electron chi connectivity index (χ1n) is 5.11. The molecular formula is C10H20FKN2. The van der Waals surface area contributed by atoms with Gasteiger partial charge in [0.1, 0.15) is 6.80 Å². The van der Waals surface area contributed by atoms with Crippen LogP contribution in [0.15, 0.2) is 0 Å². The van der Waals surface area contributed by atoms with Gasteiger partial charge in [-0.3, -0.25) is 4.90 Å².